The van der Waals surface area contributed by atoms with E-state index in [9.17, 15) is 9.59 Å². The Balaban J connectivity index is 1.21. The molecule has 1 aromatic carbocycles. The molecule has 154 valence electrons. The second-order valence-corrected chi connectivity index (χ2v) is 9.12. The molecule has 8 nitrogen and oxygen atoms in total. The predicted octanol–water partition coefficient (Wildman–Crippen LogP) is 2.99. The number of nitrogens with zero attached hydrogens (tertiary/aromatic N) is 3. The number of aromatic nitrogens is 2. The summed E-state index contributed by atoms with van der Waals surface area (Å²) in [5.41, 5.74) is 1.58. The van der Waals surface area contributed by atoms with E-state index in [1.54, 1.807) is 4.90 Å². The maximum Gasteiger partial charge on any atom is 0.234 e. The Morgan fingerprint density at radius 2 is 2.14 bits per heavy atom. The number of anilines is 3. The Hall–Kier alpha value is -2.17. The average molecular weight is 434 g/mol. The van der Waals surface area contributed by atoms with Crippen LogP contribution < -0.4 is 15.5 Å². The minimum Gasteiger partial charge on any atom is -0.376 e. The van der Waals surface area contributed by atoms with Crippen molar-refractivity contribution < 1.29 is 14.3 Å². The molecule has 0 bridgehead atoms. The first kappa shape index (κ1) is 20.1. The Morgan fingerprint density at radius 3 is 2.86 bits per heavy atom. The molecule has 1 unspecified atom stereocenters. The molecule has 0 radical (unpaired) electrons. The number of rotatable bonds is 8. The molecule has 2 aliphatic rings. The Labute approximate surface area is 177 Å². The van der Waals surface area contributed by atoms with Crippen molar-refractivity contribution in [3.05, 3.63) is 24.3 Å². The number of amides is 2. The zero-order valence-corrected chi connectivity index (χ0v) is 17.6. The standard InChI is InChI=1S/C19H23N5O3S2/c25-16(21-13-5-7-14(8-6-13)24-9-1-4-17(24)26)12-28-19-23-22-18(29-19)20-11-15-3-2-10-27-15/h5-8,15H,1-4,9-12H2,(H,20,22)(H,21,25). The molecule has 3 heterocycles. The van der Waals surface area contributed by atoms with Gasteiger partial charge in [-0.15, -0.1) is 10.2 Å². The van der Waals surface area contributed by atoms with Gasteiger partial charge in [0.1, 0.15) is 0 Å². The van der Waals surface area contributed by atoms with Gasteiger partial charge in [0, 0.05) is 37.5 Å². The van der Waals surface area contributed by atoms with Crippen LogP contribution in [0, 0.1) is 0 Å². The lowest BCUT2D eigenvalue weighted by molar-refractivity contribution is -0.117. The number of carbonyl (C=O) groups excluding carboxylic acids is 2. The number of thioether (sulfide) groups is 1. The monoisotopic (exact) mass is 433 g/mol. The number of ether oxygens (including phenoxy) is 1. The third-order valence-electron chi connectivity index (χ3n) is 4.77. The number of nitrogens with one attached hydrogen (secondary N) is 2. The molecule has 29 heavy (non-hydrogen) atoms. The summed E-state index contributed by atoms with van der Waals surface area (Å²) < 4.78 is 6.32. The van der Waals surface area contributed by atoms with Crippen molar-refractivity contribution in [3.8, 4) is 0 Å². The molecule has 2 amide bonds. The van der Waals surface area contributed by atoms with Crippen LogP contribution in [0.3, 0.4) is 0 Å². The van der Waals surface area contributed by atoms with Crippen molar-refractivity contribution in [2.45, 2.75) is 36.1 Å². The van der Waals surface area contributed by atoms with E-state index in [0.717, 1.165) is 54.1 Å². The highest BCUT2D eigenvalue weighted by Gasteiger charge is 2.21. The first-order chi connectivity index (χ1) is 14.2. The lowest BCUT2D eigenvalue weighted by Gasteiger charge is -2.16. The van der Waals surface area contributed by atoms with Crippen LogP contribution in [0.1, 0.15) is 25.7 Å². The summed E-state index contributed by atoms with van der Waals surface area (Å²) in [4.78, 5) is 25.8. The highest BCUT2D eigenvalue weighted by atomic mass is 32.2. The highest BCUT2D eigenvalue weighted by molar-refractivity contribution is 8.01. The topological polar surface area (TPSA) is 96.4 Å². The van der Waals surface area contributed by atoms with Crippen LogP contribution in [0.15, 0.2) is 28.6 Å². The maximum atomic E-state index is 12.2. The Morgan fingerprint density at radius 1 is 1.28 bits per heavy atom. The van der Waals surface area contributed by atoms with E-state index in [4.69, 9.17) is 4.74 Å². The van der Waals surface area contributed by atoms with Gasteiger partial charge in [0.15, 0.2) is 4.34 Å². The van der Waals surface area contributed by atoms with Gasteiger partial charge in [-0.3, -0.25) is 9.59 Å². The quantitative estimate of drug-likeness (QED) is 0.618. The molecular weight excluding hydrogens is 410 g/mol. The zero-order valence-electron chi connectivity index (χ0n) is 15.9. The summed E-state index contributed by atoms with van der Waals surface area (Å²) in [5.74, 6) is 0.302. The van der Waals surface area contributed by atoms with Gasteiger partial charge in [0.2, 0.25) is 16.9 Å². The molecule has 0 saturated carbocycles. The van der Waals surface area contributed by atoms with Crippen LogP contribution in [-0.2, 0) is 14.3 Å². The van der Waals surface area contributed by atoms with Gasteiger partial charge in [-0.05, 0) is 43.5 Å². The van der Waals surface area contributed by atoms with E-state index in [1.807, 2.05) is 24.3 Å². The lowest BCUT2D eigenvalue weighted by atomic mass is 10.2. The normalized spacial score (nSPS) is 19.0. The van der Waals surface area contributed by atoms with E-state index in [2.05, 4.69) is 20.8 Å². The van der Waals surface area contributed by atoms with Crippen molar-refractivity contribution in [1.82, 2.24) is 10.2 Å². The molecule has 2 fully saturated rings. The number of benzene rings is 1. The largest absolute Gasteiger partial charge is 0.376 e. The third-order valence-corrected chi connectivity index (χ3v) is 6.79. The average Bonchev–Trinajstić information content (AvgIpc) is 3.48. The molecule has 1 atom stereocenters. The number of carbonyl (C=O) groups is 2. The van der Waals surface area contributed by atoms with Crippen molar-refractivity contribution in [1.29, 1.82) is 0 Å². The molecule has 2 saturated heterocycles. The molecule has 2 N–H and O–H groups in total. The smallest absolute Gasteiger partial charge is 0.234 e. The van der Waals surface area contributed by atoms with Crippen molar-refractivity contribution in [2.75, 3.05) is 41.0 Å². The maximum absolute atomic E-state index is 12.2. The first-order valence-corrected chi connectivity index (χ1v) is 11.5. The molecule has 0 spiro atoms. The van der Waals surface area contributed by atoms with E-state index in [1.165, 1.54) is 23.1 Å². The zero-order chi connectivity index (χ0) is 20.1. The van der Waals surface area contributed by atoms with E-state index < -0.39 is 0 Å². The summed E-state index contributed by atoms with van der Waals surface area (Å²) in [6.07, 6.45) is 3.93. The fourth-order valence-electron chi connectivity index (χ4n) is 3.32. The van der Waals surface area contributed by atoms with Crippen LogP contribution in [-0.4, -0.2) is 53.6 Å². The third kappa shape index (κ3) is 5.46. The number of hydrogen-bond acceptors (Lipinski definition) is 8. The van der Waals surface area contributed by atoms with Gasteiger partial charge in [-0.2, -0.15) is 0 Å². The molecule has 2 aliphatic heterocycles. The van der Waals surface area contributed by atoms with Crippen LogP contribution in [0.2, 0.25) is 0 Å². The summed E-state index contributed by atoms with van der Waals surface area (Å²) >= 11 is 2.80. The first-order valence-electron chi connectivity index (χ1n) is 9.69. The lowest BCUT2D eigenvalue weighted by Crippen LogP contribution is -2.23. The van der Waals surface area contributed by atoms with Crippen molar-refractivity contribution in [2.24, 2.45) is 0 Å². The molecule has 1 aromatic heterocycles. The van der Waals surface area contributed by atoms with Crippen LogP contribution in [0.25, 0.3) is 0 Å². The number of hydrogen-bond donors (Lipinski definition) is 2. The second-order valence-electron chi connectivity index (χ2n) is 6.92. The summed E-state index contributed by atoms with van der Waals surface area (Å²) in [5, 5.41) is 15.1. The molecular formula is C19H23N5O3S2. The van der Waals surface area contributed by atoms with Gasteiger partial charge in [-0.1, -0.05) is 23.1 Å². The second kappa shape index (κ2) is 9.55. The van der Waals surface area contributed by atoms with Gasteiger partial charge >= 0.3 is 0 Å². The summed E-state index contributed by atoms with van der Waals surface area (Å²) in [6, 6.07) is 7.37. The molecule has 4 rings (SSSR count). The van der Waals surface area contributed by atoms with Gasteiger partial charge < -0.3 is 20.3 Å². The summed E-state index contributed by atoms with van der Waals surface area (Å²) in [6.45, 7) is 2.32. The van der Waals surface area contributed by atoms with Gasteiger partial charge in [-0.25, -0.2) is 0 Å². The highest BCUT2D eigenvalue weighted by Crippen LogP contribution is 2.27. The van der Waals surface area contributed by atoms with Crippen molar-refractivity contribution >= 4 is 51.4 Å². The van der Waals surface area contributed by atoms with Crippen molar-refractivity contribution in [3.63, 3.8) is 0 Å². The Kier molecular flexibility index (Phi) is 6.63. The van der Waals surface area contributed by atoms with Crippen LogP contribution >= 0.6 is 23.1 Å². The fourth-order valence-corrected chi connectivity index (χ4v) is 4.88. The minimum atomic E-state index is -0.107. The van der Waals surface area contributed by atoms with E-state index in [0.29, 0.717) is 12.1 Å². The van der Waals surface area contributed by atoms with Gasteiger partial charge in [0.25, 0.3) is 0 Å². The van der Waals surface area contributed by atoms with Crippen LogP contribution in [0.4, 0.5) is 16.5 Å². The van der Waals surface area contributed by atoms with Crippen LogP contribution in [0.5, 0.6) is 0 Å². The Bertz CT molecular complexity index is 852. The van der Waals surface area contributed by atoms with E-state index >= 15 is 0 Å². The summed E-state index contributed by atoms with van der Waals surface area (Å²) in [7, 11) is 0. The molecule has 2 aromatic rings. The molecule has 10 heteroatoms. The fraction of sp³-hybridized carbons (Fsp3) is 0.474. The predicted molar refractivity (Wildman–Crippen MR) is 115 cm³/mol. The SMILES string of the molecule is O=C(CSc1nnc(NCC2CCCO2)s1)Nc1ccc(N2CCCC2=O)cc1. The minimum absolute atomic E-state index is 0.107. The van der Waals surface area contributed by atoms with Gasteiger partial charge in [0.05, 0.1) is 11.9 Å². The molecule has 0 aliphatic carbocycles. The van der Waals surface area contributed by atoms with E-state index in [-0.39, 0.29) is 23.7 Å².